The summed E-state index contributed by atoms with van der Waals surface area (Å²) < 4.78 is 10.7. The van der Waals surface area contributed by atoms with E-state index < -0.39 is 6.10 Å². The third kappa shape index (κ3) is 53.0. The van der Waals surface area contributed by atoms with Gasteiger partial charge < -0.3 is 14.6 Å². The molecule has 0 heterocycles. The zero-order valence-corrected chi connectivity index (χ0v) is 43.3. The summed E-state index contributed by atoms with van der Waals surface area (Å²) in [5.74, 6) is -0.592. The maximum absolute atomic E-state index is 12.2. The Morgan fingerprint density at radius 2 is 0.641 bits per heavy atom. The zero-order chi connectivity index (χ0) is 46.3. The maximum atomic E-state index is 12.2. The van der Waals surface area contributed by atoms with Crippen LogP contribution in [0.2, 0.25) is 0 Å². The number of hydrogen-bond acceptors (Lipinski definition) is 5. The Morgan fingerprint density at radius 1 is 0.359 bits per heavy atom. The molecule has 1 unspecified atom stereocenters. The molecule has 5 heteroatoms. The van der Waals surface area contributed by atoms with Crippen molar-refractivity contribution in [3.8, 4) is 0 Å². The van der Waals surface area contributed by atoms with Crippen LogP contribution < -0.4 is 0 Å². The van der Waals surface area contributed by atoms with E-state index in [4.69, 9.17) is 9.47 Å². The molecular weight excluding hydrogens is 789 g/mol. The van der Waals surface area contributed by atoms with Gasteiger partial charge >= 0.3 is 11.9 Å². The van der Waals surface area contributed by atoms with Crippen molar-refractivity contribution in [3.63, 3.8) is 0 Å². The predicted molar refractivity (Wildman–Crippen MR) is 279 cm³/mol. The van der Waals surface area contributed by atoms with Gasteiger partial charge in [0.2, 0.25) is 0 Å². The fraction of sp³-hybridized carbons (Fsp3) is 0.898. The Hall–Kier alpha value is -1.62. The van der Waals surface area contributed by atoms with Crippen molar-refractivity contribution in [2.75, 3.05) is 13.2 Å². The highest BCUT2D eigenvalue weighted by molar-refractivity contribution is 5.70. The number of unbranched alkanes of at least 4 members (excludes halogenated alkanes) is 42. The number of allylic oxidation sites excluding steroid dienone is 4. The lowest BCUT2D eigenvalue weighted by Crippen LogP contribution is -2.28. The minimum Gasteiger partial charge on any atom is -0.462 e. The average molecular weight is 902 g/mol. The first-order valence-electron chi connectivity index (χ1n) is 28.9. The van der Waals surface area contributed by atoms with E-state index in [2.05, 4.69) is 38.2 Å². The summed E-state index contributed by atoms with van der Waals surface area (Å²) in [4.78, 5) is 24.4. The summed E-state index contributed by atoms with van der Waals surface area (Å²) in [7, 11) is 0. The van der Waals surface area contributed by atoms with Crippen LogP contribution in [0.15, 0.2) is 24.3 Å². The van der Waals surface area contributed by atoms with Crippen molar-refractivity contribution in [3.05, 3.63) is 24.3 Å². The second kappa shape index (κ2) is 55.7. The zero-order valence-electron chi connectivity index (χ0n) is 43.3. The highest BCUT2D eigenvalue weighted by Crippen LogP contribution is 2.18. The number of carbonyl (C=O) groups is 2. The maximum Gasteiger partial charge on any atom is 0.306 e. The minimum absolute atomic E-state index is 0.0666. The lowest BCUT2D eigenvalue weighted by molar-refractivity contribution is -0.161. The first-order valence-corrected chi connectivity index (χ1v) is 28.9. The predicted octanol–water partition coefficient (Wildman–Crippen LogP) is 19.3. The van der Waals surface area contributed by atoms with Gasteiger partial charge in [-0.05, 0) is 38.5 Å². The molecule has 0 aliphatic rings. The number of rotatable bonds is 54. The van der Waals surface area contributed by atoms with Crippen LogP contribution in [0.4, 0.5) is 0 Å². The van der Waals surface area contributed by atoms with Gasteiger partial charge in [-0.25, -0.2) is 0 Å². The van der Waals surface area contributed by atoms with Gasteiger partial charge in [0.15, 0.2) is 6.10 Å². The number of ether oxygens (including phenoxy) is 2. The van der Waals surface area contributed by atoms with Crippen LogP contribution in [-0.4, -0.2) is 36.4 Å². The Labute approximate surface area is 400 Å². The van der Waals surface area contributed by atoms with Gasteiger partial charge in [0.25, 0.3) is 0 Å². The summed E-state index contributed by atoms with van der Waals surface area (Å²) in [6.45, 7) is 4.13. The van der Waals surface area contributed by atoms with Gasteiger partial charge in [-0.1, -0.05) is 295 Å². The molecule has 1 N–H and O–H groups in total. The highest BCUT2D eigenvalue weighted by Gasteiger charge is 2.16. The monoisotopic (exact) mass is 901 g/mol. The van der Waals surface area contributed by atoms with E-state index in [-0.39, 0.29) is 25.2 Å². The molecule has 0 fully saturated rings. The van der Waals surface area contributed by atoms with E-state index in [1.54, 1.807) is 0 Å². The molecule has 378 valence electrons. The number of carbonyl (C=O) groups excluding carboxylic acids is 2. The van der Waals surface area contributed by atoms with E-state index in [1.807, 2.05) is 0 Å². The van der Waals surface area contributed by atoms with E-state index in [9.17, 15) is 14.7 Å². The first-order chi connectivity index (χ1) is 31.6. The van der Waals surface area contributed by atoms with Crippen molar-refractivity contribution in [1.82, 2.24) is 0 Å². The Balaban J connectivity index is 3.35. The summed E-state index contributed by atoms with van der Waals surface area (Å²) in [6.07, 6.45) is 70.4. The number of hydrogen-bond donors (Lipinski definition) is 1. The smallest absolute Gasteiger partial charge is 0.306 e. The molecule has 0 radical (unpaired) electrons. The summed E-state index contributed by atoms with van der Waals surface area (Å²) in [5, 5.41) is 9.61. The molecule has 0 aliphatic carbocycles. The fourth-order valence-corrected chi connectivity index (χ4v) is 8.87. The molecular formula is C59H112O5. The molecule has 64 heavy (non-hydrogen) atoms. The lowest BCUT2D eigenvalue weighted by Gasteiger charge is -2.15. The molecule has 0 rings (SSSR count). The third-order valence-corrected chi connectivity index (χ3v) is 13.2. The van der Waals surface area contributed by atoms with Crippen molar-refractivity contribution in [2.45, 2.75) is 328 Å². The lowest BCUT2D eigenvalue weighted by atomic mass is 10.0. The van der Waals surface area contributed by atoms with Crippen LogP contribution in [0, 0.1) is 0 Å². The third-order valence-electron chi connectivity index (χ3n) is 13.2. The van der Waals surface area contributed by atoms with Crippen LogP contribution in [0.3, 0.4) is 0 Å². The fourth-order valence-electron chi connectivity index (χ4n) is 8.87. The molecule has 0 aliphatic heterocycles. The van der Waals surface area contributed by atoms with Gasteiger partial charge in [0.05, 0.1) is 6.61 Å². The molecule has 0 saturated heterocycles. The largest absolute Gasteiger partial charge is 0.462 e. The molecule has 0 spiro atoms. The van der Waals surface area contributed by atoms with E-state index >= 15 is 0 Å². The summed E-state index contributed by atoms with van der Waals surface area (Å²) >= 11 is 0. The van der Waals surface area contributed by atoms with Crippen LogP contribution in [-0.2, 0) is 19.1 Å². The molecule has 1 atom stereocenters. The Morgan fingerprint density at radius 3 is 0.969 bits per heavy atom. The molecule has 0 aromatic carbocycles. The second-order valence-electron chi connectivity index (χ2n) is 19.7. The molecule has 0 aromatic heterocycles. The SMILES string of the molecule is CCCC/C=C\C/C=C\CCCCCCCC(=O)OC(CO)COC(=O)CCCCCCCCCCCCCCCCCCCCCCCCCCCCCCCCCCCCCC. The average Bonchev–Trinajstić information content (AvgIpc) is 3.30. The Bertz CT molecular complexity index is 974. The molecule has 5 nitrogen and oxygen atoms in total. The quantitative estimate of drug-likeness (QED) is 0.0374. The van der Waals surface area contributed by atoms with Gasteiger partial charge in [-0.3, -0.25) is 9.59 Å². The highest BCUT2D eigenvalue weighted by atomic mass is 16.6. The van der Waals surface area contributed by atoms with Gasteiger partial charge in [0.1, 0.15) is 6.61 Å². The van der Waals surface area contributed by atoms with Crippen LogP contribution >= 0.6 is 0 Å². The van der Waals surface area contributed by atoms with Gasteiger partial charge in [0, 0.05) is 12.8 Å². The van der Waals surface area contributed by atoms with Crippen molar-refractivity contribution in [2.24, 2.45) is 0 Å². The molecule has 0 bridgehead atoms. The molecule has 0 amide bonds. The Kier molecular flexibility index (Phi) is 54.3. The van der Waals surface area contributed by atoms with Crippen molar-refractivity contribution >= 4 is 11.9 Å². The van der Waals surface area contributed by atoms with Crippen molar-refractivity contribution < 1.29 is 24.2 Å². The molecule has 0 aromatic rings. The number of aliphatic hydroxyl groups is 1. The first kappa shape index (κ1) is 62.4. The van der Waals surface area contributed by atoms with Crippen molar-refractivity contribution in [1.29, 1.82) is 0 Å². The molecule has 0 saturated carbocycles. The van der Waals surface area contributed by atoms with Gasteiger partial charge in [-0.15, -0.1) is 0 Å². The summed E-state index contributed by atoms with van der Waals surface area (Å²) in [6, 6.07) is 0. The normalized spacial score (nSPS) is 12.2. The van der Waals surface area contributed by atoms with E-state index in [0.29, 0.717) is 12.8 Å². The van der Waals surface area contributed by atoms with Crippen LogP contribution in [0.1, 0.15) is 322 Å². The topological polar surface area (TPSA) is 72.8 Å². The van der Waals surface area contributed by atoms with E-state index in [0.717, 1.165) is 51.4 Å². The van der Waals surface area contributed by atoms with Gasteiger partial charge in [-0.2, -0.15) is 0 Å². The van der Waals surface area contributed by atoms with Crippen LogP contribution in [0.5, 0.6) is 0 Å². The minimum atomic E-state index is -0.775. The summed E-state index contributed by atoms with van der Waals surface area (Å²) in [5.41, 5.74) is 0. The van der Waals surface area contributed by atoms with Crippen LogP contribution in [0.25, 0.3) is 0 Å². The van der Waals surface area contributed by atoms with E-state index in [1.165, 1.54) is 244 Å². The second-order valence-corrected chi connectivity index (χ2v) is 19.7. The number of esters is 2. The standard InChI is InChI=1S/C59H112O5/c1-3-5-7-9-11-13-15-17-19-20-21-22-23-24-25-26-27-28-29-30-31-32-33-34-35-36-37-38-39-40-42-43-45-47-49-51-53-58(61)63-56-57(55-60)64-59(62)54-52-50-48-46-44-41-18-16-14-12-10-8-6-4-2/h10,12,16,18,57,60H,3-9,11,13-15,17,19-56H2,1-2H3/b12-10-,18-16-. The number of aliphatic hydroxyl groups excluding tert-OH is 1.